The number of carbonyl (C=O) groups is 1. The maximum Gasteiger partial charge on any atom is 0.317 e. The van der Waals surface area contributed by atoms with E-state index in [2.05, 4.69) is 20.8 Å². The van der Waals surface area contributed by atoms with E-state index in [1.54, 1.807) is 4.90 Å². The van der Waals surface area contributed by atoms with Crippen LogP contribution in [0.2, 0.25) is 0 Å². The van der Waals surface area contributed by atoms with Crippen LogP contribution in [0.3, 0.4) is 0 Å². The highest BCUT2D eigenvalue weighted by Gasteiger charge is 2.29. The van der Waals surface area contributed by atoms with Crippen LogP contribution in [0.15, 0.2) is 28.8 Å². The molecule has 0 bridgehead atoms. The van der Waals surface area contributed by atoms with Gasteiger partial charge in [-0.05, 0) is 24.5 Å². The maximum atomic E-state index is 11.7. The van der Waals surface area contributed by atoms with Crippen LogP contribution in [-0.4, -0.2) is 34.2 Å². The number of carbonyl (C=O) groups excluding carboxylic acids is 1. The van der Waals surface area contributed by atoms with Crippen molar-refractivity contribution in [1.29, 1.82) is 0 Å². The van der Waals surface area contributed by atoms with Crippen molar-refractivity contribution in [2.24, 2.45) is 0 Å². The Balaban J connectivity index is 1.42. The first-order valence-corrected chi connectivity index (χ1v) is 7.96. The zero-order valence-corrected chi connectivity index (χ0v) is 12.8. The second kappa shape index (κ2) is 5.91. The van der Waals surface area contributed by atoms with Crippen molar-refractivity contribution in [3.63, 3.8) is 0 Å². The van der Waals surface area contributed by atoms with Gasteiger partial charge in [-0.2, -0.15) is 4.98 Å². The molecule has 2 aliphatic rings. The molecule has 2 heterocycles. The smallest absolute Gasteiger partial charge is 0.317 e. The third-order valence-electron chi connectivity index (χ3n) is 4.17. The summed E-state index contributed by atoms with van der Waals surface area (Å²) in [6, 6.07) is 7.98. The molecule has 2 N–H and O–H groups in total. The highest BCUT2D eigenvalue weighted by Crippen LogP contribution is 2.38. The molecule has 1 aromatic carbocycles. The molecule has 0 radical (unpaired) electrons. The number of rotatable bonds is 6. The van der Waals surface area contributed by atoms with Crippen molar-refractivity contribution in [1.82, 2.24) is 20.4 Å². The van der Waals surface area contributed by atoms with E-state index in [1.165, 1.54) is 0 Å². The number of anilines is 1. The van der Waals surface area contributed by atoms with Crippen molar-refractivity contribution in [3.8, 4) is 0 Å². The molecule has 120 valence electrons. The molecule has 1 saturated heterocycles. The van der Waals surface area contributed by atoms with Gasteiger partial charge in [-0.3, -0.25) is 0 Å². The third kappa shape index (κ3) is 3.13. The van der Waals surface area contributed by atoms with Gasteiger partial charge in [0, 0.05) is 31.2 Å². The quantitative estimate of drug-likeness (QED) is 0.853. The Labute approximate surface area is 134 Å². The molecular weight excluding hydrogens is 294 g/mol. The average molecular weight is 313 g/mol. The van der Waals surface area contributed by atoms with Gasteiger partial charge in [0.1, 0.15) is 0 Å². The summed E-state index contributed by atoms with van der Waals surface area (Å²) in [5.74, 6) is 1.89. The lowest BCUT2D eigenvalue weighted by Crippen LogP contribution is -2.27. The standard InChI is InChI=1S/C16H19N5O2/c22-16-17-7-8-21(16)10-12-3-1-2-4-13(12)18-9-14-19-15(23-20-14)11-5-6-11/h1-4,11,18H,5-10H2,(H,17,22). The van der Waals surface area contributed by atoms with E-state index in [0.717, 1.165) is 36.5 Å². The fourth-order valence-electron chi connectivity index (χ4n) is 2.71. The maximum absolute atomic E-state index is 11.7. The highest BCUT2D eigenvalue weighted by atomic mass is 16.5. The van der Waals surface area contributed by atoms with Gasteiger partial charge in [0.2, 0.25) is 5.89 Å². The van der Waals surface area contributed by atoms with Gasteiger partial charge in [-0.1, -0.05) is 23.4 Å². The van der Waals surface area contributed by atoms with Crippen molar-refractivity contribution in [2.45, 2.75) is 31.8 Å². The normalized spacial score (nSPS) is 17.4. The number of aromatic nitrogens is 2. The van der Waals surface area contributed by atoms with Crippen LogP contribution in [0.4, 0.5) is 10.5 Å². The number of hydrogen-bond donors (Lipinski definition) is 2. The summed E-state index contributed by atoms with van der Waals surface area (Å²) in [7, 11) is 0. The van der Waals surface area contributed by atoms with E-state index in [4.69, 9.17) is 4.52 Å². The first-order chi connectivity index (χ1) is 11.3. The molecule has 2 aromatic rings. The number of amides is 2. The van der Waals surface area contributed by atoms with E-state index in [0.29, 0.717) is 31.4 Å². The second-order valence-corrected chi connectivity index (χ2v) is 5.99. The molecule has 0 atom stereocenters. The molecule has 1 aliphatic carbocycles. The van der Waals surface area contributed by atoms with Gasteiger partial charge < -0.3 is 20.1 Å². The zero-order chi connectivity index (χ0) is 15.6. The Bertz CT molecular complexity index is 710. The highest BCUT2D eigenvalue weighted by molar-refractivity contribution is 5.76. The minimum absolute atomic E-state index is 0.00736. The number of urea groups is 1. The molecular formula is C16H19N5O2. The van der Waals surface area contributed by atoms with Crippen LogP contribution in [0.25, 0.3) is 0 Å². The molecule has 7 heteroatoms. The van der Waals surface area contributed by atoms with E-state index >= 15 is 0 Å². The van der Waals surface area contributed by atoms with Crippen LogP contribution in [-0.2, 0) is 13.1 Å². The topological polar surface area (TPSA) is 83.3 Å². The first-order valence-electron chi connectivity index (χ1n) is 7.96. The van der Waals surface area contributed by atoms with E-state index in [9.17, 15) is 4.79 Å². The SMILES string of the molecule is O=C1NCCN1Cc1ccccc1NCc1noc(C2CC2)n1. The molecule has 4 rings (SSSR count). The van der Waals surface area contributed by atoms with E-state index < -0.39 is 0 Å². The summed E-state index contributed by atoms with van der Waals surface area (Å²) < 4.78 is 5.27. The van der Waals surface area contributed by atoms with Crippen molar-refractivity contribution >= 4 is 11.7 Å². The summed E-state index contributed by atoms with van der Waals surface area (Å²) in [4.78, 5) is 17.9. The molecule has 23 heavy (non-hydrogen) atoms. The average Bonchev–Trinajstić information content (AvgIpc) is 3.18. The van der Waals surface area contributed by atoms with Crippen LogP contribution in [0.5, 0.6) is 0 Å². The Morgan fingerprint density at radius 2 is 2.22 bits per heavy atom. The number of benzene rings is 1. The van der Waals surface area contributed by atoms with Gasteiger partial charge in [0.25, 0.3) is 0 Å². The molecule has 1 saturated carbocycles. The predicted molar refractivity (Wildman–Crippen MR) is 83.9 cm³/mol. The lowest BCUT2D eigenvalue weighted by molar-refractivity contribution is 0.215. The van der Waals surface area contributed by atoms with Crippen molar-refractivity contribution in [3.05, 3.63) is 41.5 Å². The molecule has 7 nitrogen and oxygen atoms in total. The Morgan fingerprint density at radius 1 is 1.35 bits per heavy atom. The van der Waals surface area contributed by atoms with Crippen LogP contribution in [0, 0.1) is 0 Å². The van der Waals surface area contributed by atoms with Gasteiger partial charge in [0.05, 0.1) is 6.54 Å². The largest absolute Gasteiger partial charge is 0.377 e. The second-order valence-electron chi connectivity index (χ2n) is 5.99. The van der Waals surface area contributed by atoms with Crippen molar-refractivity contribution < 1.29 is 9.32 Å². The monoisotopic (exact) mass is 313 g/mol. The van der Waals surface area contributed by atoms with Crippen LogP contribution >= 0.6 is 0 Å². The van der Waals surface area contributed by atoms with Crippen LogP contribution in [0.1, 0.15) is 36.0 Å². The summed E-state index contributed by atoms with van der Waals surface area (Å²) in [6.45, 7) is 2.55. The van der Waals surface area contributed by atoms with Gasteiger partial charge in [-0.15, -0.1) is 0 Å². The Kier molecular flexibility index (Phi) is 3.61. The number of hydrogen-bond acceptors (Lipinski definition) is 5. The molecule has 2 fully saturated rings. The number of nitrogens with one attached hydrogen (secondary N) is 2. The first kappa shape index (κ1) is 14.0. The molecule has 2 amide bonds. The van der Waals surface area contributed by atoms with Crippen molar-refractivity contribution in [2.75, 3.05) is 18.4 Å². The van der Waals surface area contributed by atoms with Gasteiger partial charge >= 0.3 is 6.03 Å². The van der Waals surface area contributed by atoms with Gasteiger partial charge in [-0.25, -0.2) is 4.79 Å². The number of nitrogens with zero attached hydrogens (tertiary/aromatic N) is 3. The molecule has 1 aliphatic heterocycles. The minimum atomic E-state index is -0.00736. The van der Waals surface area contributed by atoms with Crippen LogP contribution < -0.4 is 10.6 Å². The van der Waals surface area contributed by atoms with E-state index in [1.807, 2.05) is 24.3 Å². The summed E-state index contributed by atoms with van der Waals surface area (Å²) in [5, 5.41) is 10.2. The zero-order valence-electron chi connectivity index (χ0n) is 12.8. The molecule has 0 spiro atoms. The fraction of sp³-hybridized carbons (Fsp3) is 0.438. The predicted octanol–water partition coefficient (Wildman–Crippen LogP) is 2.08. The Morgan fingerprint density at radius 3 is 3.00 bits per heavy atom. The molecule has 1 aromatic heterocycles. The summed E-state index contributed by atoms with van der Waals surface area (Å²) in [6.07, 6.45) is 2.30. The summed E-state index contributed by atoms with van der Waals surface area (Å²) in [5.41, 5.74) is 2.07. The Hall–Kier alpha value is -2.57. The van der Waals surface area contributed by atoms with E-state index in [-0.39, 0.29) is 6.03 Å². The summed E-state index contributed by atoms with van der Waals surface area (Å²) >= 11 is 0. The number of para-hydroxylation sites is 1. The fourth-order valence-corrected chi connectivity index (χ4v) is 2.71. The minimum Gasteiger partial charge on any atom is -0.377 e. The third-order valence-corrected chi connectivity index (χ3v) is 4.17. The lowest BCUT2D eigenvalue weighted by atomic mass is 10.1. The lowest BCUT2D eigenvalue weighted by Gasteiger charge is -2.17. The van der Waals surface area contributed by atoms with Gasteiger partial charge in [0.15, 0.2) is 5.82 Å². The molecule has 0 unspecified atom stereocenters.